The Hall–Kier alpha value is -0.360. The van der Waals surface area contributed by atoms with Gasteiger partial charge in [0.15, 0.2) is 0 Å². The molecule has 9 heteroatoms. The predicted molar refractivity (Wildman–Crippen MR) is 90.0 cm³/mol. The van der Waals surface area contributed by atoms with E-state index in [2.05, 4.69) is 0 Å². The maximum absolute atomic E-state index is 10.1. The van der Waals surface area contributed by atoms with Crippen molar-refractivity contribution in [2.45, 2.75) is 12.2 Å². The number of hydrogen-bond donors (Lipinski definition) is 4. The highest BCUT2D eigenvalue weighted by Gasteiger charge is 2.65. The Balaban J connectivity index is 1.68. The SMILES string of the molecule is OCC1(C(OC(C2(CO)COC2)C2(CO)COC2)C2(CO)COC2)COC1. The molecule has 4 heterocycles. The van der Waals surface area contributed by atoms with Crippen molar-refractivity contribution in [2.24, 2.45) is 21.7 Å². The lowest BCUT2D eigenvalue weighted by Crippen LogP contribution is -2.73. The van der Waals surface area contributed by atoms with Crippen LogP contribution in [0, 0.1) is 21.7 Å². The summed E-state index contributed by atoms with van der Waals surface area (Å²) >= 11 is 0. The number of aliphatic hydroxyl groups is 4. The molecule has 0 aliphatic carbocycles. The smallest absolute Gasteiger partial charge is 0.0824 e. The van der Waals surface area contributed by atoms with Crippen LogP contribution in [0.4, 0.5) is 0 Å². The number of hydrogen-bond acceptors (Lipinski definition) is 9. The lowest BCUT2D eigenvalue weighted by Gasteiger charge is -2.61. The Morgan fingerprint density at radius 2 is 0.741 bits per heavy atom. The van der Waals surface area contributed by atoms with Gasteiger partial charge in [0, 0.05) is 0 Å². The minimum absolute atomic E-state index is 0.141. The third-order valence-electron chi connectivity index (χ3n) is 6.87. The molecule has 4 aliphatic rings. The van der Waals surface area contributed by atoms with Crippen LogP contribution < -0.4 is 0 Å². The van der Waals surface area contributed by atoms with Crippen LogP contribution in [0.25, 0.3) is 0 Å². The van der Waals surface area contributed by atoms with E-state index in [-0.39, 0.29) is 26.4 Å². The van der Waals surface area contributed by atoms with E-state index in [1.54, 1.807) is 0 Å². The van der Waals surface area contributed by atoms with Crippen molar-refractivity contribution in [2.75, 3.05) is 79.3 Å². The minimum Gasteiger partial charge on any atom is -0.396 e. The molecule has 4 aliphatic heterocycles. The van der Waals surface area contributed by atoms with E-state index in [9.17, 15) is 20.4 Å². The molecule has 9 nitrogen and oxygen atoms in total. The van der Waals surface area contributed by atoms with Crippen LogP contribution in [0.5, 0.6) is 0 Å². The fraction of sp³-hybridized carbons (Fsp3) is 1.00. The van der Waals surface area contributed by atoms with Crippen LogP contribution in [0.1, 0.15) is 0 Å². The molecular formula is C18H30O9. The van der Waals surface area contributed by atoms with E-state index >= 15 is 0 Å². The zero-order valence-corrected chi connectivity index (χ0v) is 15.5. The maximum atomic E-state index is 10.1. The van der Waals surface area contributed by atoms with E-state index in [4.69, 9.17) is 23.7 Å². The van der Waals surface area contributed by atoms with Crippen LogP contribution in [0.3, 0.4) is 0 Å². The highest BCUT2D eigenvalue weighted by atomic mass is 16.6. The van der Waals surface area contributed by atoms with Crippen LogP contribution in [-0.4, -0.2) is 112 Å². The van der Waals surface area contributed by atoms with Crippen molar-refractivity contribution < 1.29 is 44.1 Å². The largest absolute Gasteiger partial charge is 0.396 e. The number of ether oxygens (including phenoxy) is 5. The molecule has 0 aromatic rings. The molecule has 0 aromatic heterocycles. The van der Waals surface area contributed by atoms with Crippen molar-refractivity contribution in [3.05, 3.63) is 0 Å². The molecule has 0 amide bonds. The van der Waals surface area contributed by atoms with Crippen molar-refractivity contribution in [3.63, 3.8) is 0 Å². The molecule has 0 bridgehead atoms. The van der Waals surface area contributed by atoms with Gasteiger partial charge in [-0.3, -0.25) is 0 Å². The Morgan fingerprint density at radius 1 is 0.519 bits per heavy atom. The predicted octanol–water partition coefficient (Wildman–Crippen LogP) is -2.22. The van der Waals surface area contributed by atoms with Gasteiger partial charge in [-0.05, 0) is 0 Å². The third-order valence-corrected chi connectivity index (χ3v) is 6.87. The van der Waals surface area contributed by atoms with Gasteiger partial charge < -0.3 is 44.1 Å². The van der Waals surface area contributed by atoms with E-state index < -0.39 is 33.9 Å². The summed E-state index contributed by atoms with van der Waals surface area (Å²) in [5.74, 6) is 0. The highest BCUT2D eigenvalue weighted by molar-refractivity contribution is 5.10. The van der Waals surface area contributed by atoms with Crippen molar-refractivity contribution in [1.29, 1.82) is 0 Å². The Labute approximate surface area is 158 Å². The minimum atomic E-state index is -0.646. The fourth-order valence-corrected chi connectivity index (χ4v) is 4.77. The first-order valence-corrected chi connectivity index (χ1v) is 9.44. The molecule has 4 saturated heterocycles. The van der Waals surface area contributed by atoms with Gasteiger partial charge in [-0.2, -0.15) is 0 Å². The van der Waals surface area contributed by atoms with Gasteiger partial charge in [0.05, 0.1) is 113 Å². The summed E-state index contributed by atoms with van der Waals surface area (Å²) in [5, 5.41) is 40.5. The van der Waals surface area contributed by atoms with Gasteiger partial charge in [-0.25, -0.2) is 0 Å². The monoisotopic (exact) mass is 390 g/mol. The summed E-state index contributed by atoms with van der Waals surface area (Å²) in [6.45, 7) is 2.05. The second-order valence-electron chi connectivity index (χ2n) is 8.95. The molecule has 4 N–H and O–H groups in total. The van der Waals surface area contributed by atoms with Crippen LogP contribution in [-0.2, 0) is 23.7 Å². The summed E-state index contributed by atoms with van der Waals surface area (Å²) < 4.78 is 28.3. The first kappa shape index (κ1) is 19.9. The van der Waals surface area contributed by atoms with Gasteiger partial charge in [0.25, 0.3) is 0 Å². The lowest BCUT2D eigenvalue weighted by atomic mass is 9.63. The molecule has 0 unspecified atom stereocenters. The Kier molecular flexibility index (Phi) is 5.28. The van der Waals surface area contributed by atoms with E-state index in [1.165, 1.54) is 0 Å². The molecule has 0 aromatic carbocycles. The Bertz CT molecular complexity index is 411. The maximum Gasteiger partial charge on any atom is 0.0824 e. The zero-order valence-electron chi connectivity index (χ0n) is 15.5. The van der Waals surface area contributed by atoms with Crippen molar-refractivity contribution >= 4 is 0 Å². The van der Waals surface area contributed by atoms with Gasteiger partial charge in [-0.1, -0.05) is 0 Å². The summed E-state index contributed by atoms with van der Waals surface area (Å²) in [4.78, 5) is 0. The second-order valence-corrected chi connectivity index (χ2v) is 8.95. The molecule has 0 spiro atoms. The molecule has 27 heavy (non-hydrogen) atoms. The van der Waals surface area contributed by atoms with Gasteiger partial charge in [-0.15, -0.1) is 0 Å². The summed E-state index contributed by atoms with van der Waals surface area (Å²) in [6.07, 6.45) is -1.08. The summed E-state index contributed by atoms with van der Waals surface area (Å²) in [5.41, 5.74) is -2.58. The lowest BCUT2D eigenvalue weighted by molar-refractivity contribution is -0.353. The summed E-state index contributed by atoms with van der Waals surface area (Å²) in [6, 6.07) is 0. The average molecular weight is 390 g/mol. The van der Waals surface area contributed by atoms with Crippen molar-refractivity contribution in [1.82, 2.24) is 0 Å². The fourth-order valence-electron chi connectivity index (χ4n) is 4.77. The number of rotatable bonds is 10. The quantitative estimate of drug-likeness (QED) is 0.328. The summed E-state index contributed by atoms with van der Waals surface area (Å²) in [7, 11) is 0. The van der Waals surface area contributed by atoms with Crippen LogP contribution in [0.2, 0.25) is 0 Å². The van der Waals surface area contributed by atoms with Crippen LogP contribution in [0.15, 0.2) is 0 Å². The molecule has 0 radical (unpaired) electrons. The van der Waals surface area contributed by atoms with Gasteiger partial charge in [0.2, 0.25) is 0 Å². The molecule has 0 atom stereocenters. The molecule has 156 valence electrons. The van der Waals surface area contributed by atoms with E-state index in [0.29, 0.717) is 52.9 Å². The molecule has 4 rings (SSSR count). The molecule has 0 saturated carbocycles. The topological polar surface area (TPSA) is 127 Å². The zero-order chi connectivity index (χ0) is 19.2. The standard InChI is InChI=1S/C18H30O9/c19-1-15(5-23-6-15)13(16(2-20)7-24-8-16)27-14(17(3-21)9-25-10-17)18(4-22)11-26-12-18/h13-14,19-22H,1-12H2. The highest BCUT2D eigenvalue weighted by Crippen LogP contribution is 2.52. The first-order chi connectivity index (χ1) is 13.0. The third kappa shape index (κ3) is 2.79. The molecular weight excluding hydrogens is 360 g/mol. The number of aliphatic hydroxyl groups excluding tert-OH is 4. The van der Waals surface area contributed by atoms with Crippen molar-refractivity contribution in [3.8, 4) is 0 Å². The Morgan fingerprint density at radius 3 is 0.852 bits per heavy atom. The normalized spacial score (nSPS) is 29.6. The van der Waals surface area contributed by atoms with E-state index in [0.717, 1.165) is 0 Å². The van der Waals surface area contributed by atoms with Crippen LogP contribution >= 0.6 is 0 Å². The van der Waals surface area contributed by atoms with E-state index in [1.807, 2.05) is 0 Å². The van der Waals surface area contributed by atoms with Gasteiger partial charge in [0.1, 0.15) is 0 Å². The second kappa shape index (κ2) is 7.16. The van der Waals surface area contributed by atoms with Gasteiger partial charge >= 0.3 is 0 Å². The average Bonchev–Trinajstić information content (AvgIpc) is 2.52. The first-order valence-electron chi connectivity index (χ1n) is 9.44. The molecule has 4 fully saturated rings.